The predicted molar refractivity (Wildman–Crippen MR) is 68.0 cm³/mol. The van der Waals surface area contributed by atoms with Crippen LogP contribution in [-0.4, -0.2) is 12.5 Å². The minimum Gasteiger partial charge on any atom is -0.367 e. The van der Waals surface area contributed by atoms with Crippen molar-refractivity contribution in [3.8, 4) is 0 Å². The summed E-state index contributed by atoms with van der Waals surface area (Å²) in [7, 11) is 0. The quantitative estimate of drug-likeness (QED) is 0.718. The molecule has 18 heavy (non-hydrogen) atoms. The number of hydrogen-bond donors (Lipinski definition) is 0. The summed E-state index contributed by atoms with van der Waals surface area (Å²) in [5, 5.41) is 0. The number of hydrogen-bond acceptors (Lipinski definition) is 1. The van der Waals surface area contributed by atoms with Gasteiger partial charge in [0.15, 0.2) is 0 Å². The summed E-state index contributed by atoms with van der Waals surface area (Å²) in [6.45, 7) is 6.00. The highest BCUT2D eigenvalue weighted by Gasteiger charge is 2.36. The third-order valence-electron chi connectivity index (χ3n) is 3.42. The second kappa shape index (κ2) is 4.61. The van der Waals surface area contributed by atoms with Crippen molar-refractivity contribution in [2.75, 3.05) is 6.61 Å². The zero-order chi connectivity index (χ0) is 13.4. The molecule has 100 valence electrons. The molecule has 0 saturated carbocycles. The minimum atomic E-state index is -2.65. The lowest BCUT2D eigenvalue weighted by atomic mass is 9.86. The van der Waals surface area contributed by atoms with Crippen molar-refractivity contribution in [1.82, 2.24) is 0 Å². The van der Waals surface area contributed by atoms with Crippen LogP contribution in [-0.2, 0) is 10.2 Å². The molecule has 1 aliphatic heterocycles. The molecule has 1 saturated heterocycles. The molecule has 0 amide bonds. The van der Waals surface area contributed by atoms with Gasteiger partial charge in [-0.3, -0.25) is 0 Å². The van der Waals surface area contributed by atoms with Crippen LogP contribution in [0.3, 0.4) is 0 Å². The van der Waals surface area contributed by atoms with Crippen LogP contribution in [0.4, 0.5) is 8.78 Å². The van der Waals surface area contributed by atoms with Crippen molar-refractivity contribution >= 4 is 0 Å². The number of halogens is 2. The standard InChI is InChI=1S/C15H20F2O/c1-14(2,3)12-6-4-11(5-7-12)13-8-9-15(16,17)10-18-13/h4-7,13H,8-10H2,1-3H3. The van der Waals surface area contributed by atoms with E-state index in [1.54, 1.807) is 0 Å². The van der Waals surface area contributed by atoms with E-state index < -0.39 is 12.5 Å². The Morgan fingerprint density at radius 1 is 1.17 bits per heavy atom. The Bertz CT molecular complexity index is 393. The van der Waals surface area contributed by atoms with Crippen molar-refractivity contribution < 1.29 is 13.5 Å². The summed E-state index contributed by atoms with van der Waals surface area (Å²) >= 11 is 0. The van der Waals surface area contributed by atoms with Crippen LogP contribution in [0, 0.1) is 0 Å². The van der Waals surface area contributed by atoms with Gasteiger partial charge in [0.05, 0.1) is 6.10 Å². The molecule has 1 aromatic rings. The molecule has 1 aliphatic rings. The Kier molecular flexibility index (Phi) is 3.45. The predicted octanol–water partition coefficient (Wildman–Crippen LogP) is 4.47. The topological polar surface area (TPSA) is 9.23 Å². The first-order valence-corrected chi connectivity index (χ1v) is 6.38. The van der Waals surface area contributed by atoms with Gasteiger partial charge in [-0.2, -0.15) is 0 Å². The van der Waals surface area contributed by atoms with Gasteiger partial charge in [-0.1, -0.05) is 45.0 Å². The Morgan fingerprint density at radius 3 is 2.22 bits per heavy atom. The van der Waals surface area contributed by atoms with E-state index in [4.69, 9.17) is 4.74 Å². The fourth-order valence-electron chi connectivity index (χ4n) is 2.18. The molecule has 0 aromatic heterocycles. The Morgan fingerprint density at radius 2 is 1.78 bits per heavy atom. The SMILES string of the molecule is CC(C)(C)c1ccc(C2CCC(F)(F)CO2)cc1. The van der Waals surface area contributed by atoms with Gasteiger partial charge in [0.2, 0.25) is 0 Å². The third-order valence-corrected chi connectivity index (χ3v) is 3.42. The molecular formula is C15H20F2O. The van der Waals surface area contributed by atoms with Gasteiger partial charge >= 0.3 is 0 Å². The van der Waals surface area contributed by atoms with Crippen LogP contribution < -0.4 is 0 Å². The maximum absolute atomic E-state index is 13.0. The molecule has 2 rings (SSSR count). The van der Waals surface area contributed by atoms with Crippen molar-refractivity contribution in [1.29, 1.82) is 0 Å². The highest BCUT2D eigenvalue weighted by Crippen LogP contribution is 2.36. The molecule has 1 nitrogen and oxygen atoms in total. The Hall–Kier alpha value is -0.960. The average molecular weight is 254 g/mol. The summed E-state index contributed by atoms with van der Waals surface area (Å²) in [6.07, 6.45) is 0.124. The van der Waals surface area contributed by atoms with Crippen molar-refractivity contribution in [3.63, 3.8) is 0 Å². The molecule has 1 unspecified atom stereocenters. The number of rotatable bonds is 1. The van der Waals surface area contributed by atoms with Crippen LogP contribution in [0.5, 0.6) is 0 Å². The van der Waals surface area contributed by atoms with Gasteiger partial charge in [0.1, 0.15) is 6.61 Å². The summed E-state index contributed by atoms with van der Waals surface area (Å²) in [5.74, 6) is -2.65. The minimum absolute atomic E-state index is 0.0846. The van der Waals surface area contributed by atoms with Gasteiger partial charge in [-0.15, -0.1) is 0 Å². The highest BCUT2D eigenvalue weighted by molar-refractivity contribution is 5.28. The number of benzene rings is 1. The van der Waals surface area contributed by atoms with Crippen molar-refractivity contribution in [2.24, 2.45) is 0 Å². The van der Waals surface area contributed by atoms with E-state index in [1.165, 1.54) is 5.56 Å². The largest absolute Gasteiger partial charge is 0.367 e. The van der Waals surface area contributed by atoms with Crippen LogP contribution in [0.25, 0.3) is 0 Å². The van der Waals surface area contributed by atoms with Gasteiger partial charge in [-0.05, 0) is 23.0 Å². The van der Waals surface area contributed by atoms with E-state index in [9.17, 15) is 8.78 Å². The van der Waals surface area contributed by atoms with Crippen LogP contribution >= 0.6 is 0 Å². The Labute approximate surface area is 107 Å². The molecule has 1 aromatic carbocycles. The lowest BCUT2D eigenvalue weighted by molar-refractivity contribution is -0.145. The van der Waals surface area contributed by atoms with Gasteiger partial charge < -0.3 is 4.74 Å². The normalized spacial score (nSPS) is 23.9. The van der Waals surface area contributed by atoms with E-state index >= 15 is 0 Å². The molecule has 1 heterocycles. The number of ether oxygens (including phenoxy) is 1. The zero-order valence-corrected chi connectivity index (χ0v) is 11.2. The molecule has 0 N–H and O–H groups in total. The van der Waals surface area contributed by atoms with E-state index in [0.29, 0.717) is 6.42 Å². The number of alkyl halides is 2. The fourth-order valence-corrected chi connectivity index (χ4v) is 2.18. The molecule has 1 fully saturated rings. The first-order chi connectivity index (χ1) is 8.28. The van der Waals surface area contributed by atoms with Crippen LogP contribution in [0.2, 0.25) is 0 Å². The molecule has 0 spiro atoms. The monoisotopic (exact) mass is 254 g/mol. The van der Waals surface area contributed by atoms with Crippen LogP contribution in [0.15, 0.2) is 24.3 Å². The molecule has 1 atom stereocenters. The molecule has 3 heteroatoms. The second-order valence-electron chi connectivity index (χ2n) is 6.07. The first kappa shape index (κ1) is 13.5. The maximum Gasteiger partial charge on any atom is 0.271 e. The zero-order valence-electron chi connectivity index (χ0n) is 11.2. The molecule has 0 bridgehead atoms. The smallest absolute Gasteiger partial charge is 0.271 e. The summed E-state index contributed by atoms with van der Waals surface area (Å²) < 4.78 is 31.2. The molecular weight excluding hydrogens is 234 g/mol. The molecule has 0 radical (unpaired) electrons. The average Bonchev–Trinajstić information content (AvgIpc) is 2.28. The lowest BCUT2D eigenvalue weighted by Crippen LogP contribution is -2.30. The van der Waals surface area contributed by atoms with E-state index in [1.807, 2.05) is 12.1 Å². The van der Waals surface area contributed by atoms with Gasteiger partial charge in [0.25, 0.3) is 5.92 Å². The van der Waals surface area contributed by atoms with Gasteiger partial charge in [-0.25, -0.2) is 8.78 Å². The van der Waals surface area contributed by atoms with Crippen molar-refractivity contribution in [2.45, 2.75) is 51.1 Å². The van der Waals surface area contributed by atoms with Crippen molar-refractivity contribution in [3.05, 3.63) is 35.4 Å². The lowest BCUT2D eigenvalue weighted by Gasteiger charge is -2.29. The van der Waals surface area contributed by atoms with E-state index in [0.717, 1.165) is 5.56 Å². The maximum atomic E-state index is 13.0. The Balaban J connectivity index is 2.07. The summed E-state index contributed by atoms with van der Waals surface area (Å²) in [4.78, 5) is 0. The highest BCUT2D eigenvalue weighted by atomic mass is 19.3. The van der Waals surface area contributed by atoms with Gasteiger partial charge in [0, 0.05) is 6.42 Å². The fraction of sp³-hybridized carbons (Fsp3) is 0.600. The summed E-state index contributed by atoms with van der Waals surface area (Å²) in [6, 6.07) is 8.11. The summed E-state index contributed by atoms with van der Waals surface area (Å²) in [5.41, 5.74) is 2.35. The van der Waals surface area contributed by atoms with E-state index in [2.05, 4.69) is 32.9 Å². The first-order valence-electron chi connectivity index (χ1n) is 6.38. The molecule has 0 aliphatic carbocycles. The van der Waals surface area contributed by atoms with E-state index in [-0.39, 0.29) is 17.9 Å². The van der Waals surface area contributed by atoms with Crippen LogP contribution in [0.1, 0.15) is 50.8 Å². The third kappa shape index (κ3) is 3.08. The second-order valence-corrected chi connectivity index (χ2v) is 6.07.